The van der Waals surface area contributed by atoms with E-state index >= 15 is 0 Å². The van der Waals surface area contributed by atoms with Crippen LogP contribution in [0.25, 0.3) is 0 Å². The summed E-state index contributed by atoms with van der Waals surface area (Å²) in [6.45, 7) is 1.54. The van der Waals surface area contributed by atoms with Gasteiger partial charge < -0.3 is 14.6 Å². The minimum Gasteiger partial charge on any atom is -0.507 e. The molecule has 1 rings (SSSR count). The van der Waals surface area contributed by atoms with E-state index in [9.17, 15) is 9.90 Å². The first-order chi connectivity index (χ1) is 7.77. The normalized spacial score (nSPS) is 10.1. The largest absolute Gasteiger partial charge is 0.507 e. The van der Waals surface area contributed by atoms with Gasteiger partial charge in [0.2, 0.25) is 0 Å². The lowest BCUT2D eigenvalue weighted by atomic mass is 10.2. The molecule has 1 N–H and O–H groups in total. The molecule has 0 saturated carbocycles. The number of phenols is 1. The second kappa shape index (κ2) is 7.24. The van der Waals surface area contributed by atoms with Crippen molar-refractivity contribution in [3.8, 4) is 11.5 Å². The Morgan fingerprint density at radius 2 is 2.12 bits per heavy atom. The predicted molar refractivity (Wildman–Crippen MR) is 63.6 cm³/mol. The second-order valence-corrected chi connectivity index (χ2v) is 3.78. The number of ether oxygens (including phenoxy) is 2. The number of halogens is 1. The maximum Gasteiger partial charge on any atom is 0.153 e. The number of phenolic OH excluding ortho intramolecular Hbond substituents is 1. The van der Waals surface area contributed by atoms with Crippen LogP contribution in [0.4, 0.5) is 0 Å². The zero-order chi connectivity index (χ0) is 11.8. The quantitative estimate of drug-likeness (QED) is 0.474. The Morgan fingerprint density at radius 3 is 2.75 bits per heavy atom. The summed E-state index contributed by atoms with van der Waals surface area (Å²) in [5.74, 6) is 0.444. The highest BCUT2D eigenvalue weighted by Crippen LogP contribution is 2.21. The fourth-order valence-corrected chi connectivity index (χ4v) is 1.32. The van der Waals surface area contributed by atoms with E-state index in [0.29, 0.717) is 31.9 Å². The zero-order valence-corrected chi connectivity index (χ0v) is 10.3. The number of aldehydes is 1. The second-order valence-electron chi connectivity index (χ2n) is 2.99. The summed E-state index contributed by atoms with van der Waals surface area (Å²) in [7, 11) is 0. The van der Waals surface area contributed by atoms with Crippen LogP contribution < -0.4 is 4.74 Å². The number of benzene rings is 1. The Bertz CT molecular complexity index is 341. The molecule has 0 aromatic heterocycles. The topological polar surface area (TPSA) is 55.8 Å². The number of aromatic hydroxyl groups is 1. The monoisotopic (exact) mass is 288 g/mol. The third-order valence-electron chi connectivity index (χ3n) is 1.85. The summed E-state index contributed by atoms with van der Waals surface area (Å²) in [5.41, 5.74) is 0.253. The lowest BCUT2D eigenvalue weighted by molar-refractivity contribution is 0.111. The molecule has 4 nitrogen and oxygen atoms in total. The zero-order valence-electron chi connectivity index (χ0n) is 8.69. The fourth-order valence-electron chi connectivity index (χ4n) is 1.09. The van der Waals surface area contributed by atoms with Crippen molar-refractivity contribution in [3.63, 3.8) is 0 Å². The average molecular weight is 289 g/mol. The van der Waals surface area contributed by atoms with Gasteiger partial charge in [0.05, 0.1) is 18.8 Å². The molecular weight excluding hydrogens is 276 g/mol. The van der Waals surface area contributed by atoms with E-state index < -0.39 is 0 Å². The van der Waals surface area contributed by atoms with Gasteiger partial charge in [0.1, 0.15) is 18.1 Å². The van der Waals surface area contributed by atoms with Crippen molar-refractivity contribution < 1.29 is 19.4 Å². The Hall–Kier alpha value is -1.07. The molecule has 88 valence electrons. The SMILES string of the molecule is O=Cc1ccc(OCCOCCBr)cc1O. The fraction of sp³-hybridized carbons (Fsp3) is 0.364. The van der Waals surface area contributed by atoms with Crippen molar-refractivity contribution in [2.24, 2.45) is 0 Å². The summed E-state index contributed by atoms with van der Waals surface area (Å²) in [6.07, 6.45) is 0.595. The number of hydrogen-bond acceptors (Lipinski definition) is 4. The molecule has 0 bridgehead atoms. The van der Waals surface area contributed by atoms with Gasteiger partial charge in [-0.2, -0.15) is 0 Å². The number of carbonyl (C=O) groups excluding carboxylic acids is 1. The molecule has 0 unspecified atom stereocenters. The Kier molecular flexibility index (Phi) is 5.88. The van der Waals surface area contributed by atoms with Crippen LogP contribution in [0, 0.1) is 0 Å². The molecule has 1 aromatic carbocycles. The minimum absolute atomic E-state index is 0.0751. The van der Waals surface area contributed by atoms with Crippen molar-refractivity contribution in [2.75, 3.05) is 25.2 Å². The van der Waals surface area contributed by atoms with E-state index in [0.717, 1.165) is 5.33 Å². The van der Waals surface area contributed by atoms with Gasteiger partial charge in [0.15, 0.2) is 6.29 Å². The van der Waals surface area contributed by atoms with E-state index in [2.05, 4.69) is 15.9 Å². The molecule has 0 atom stereocenters. The Morgan fingerprint density at radius 1 is 1.31 bits per heavy atom. The van der Waals surface area contributed by atoms with Gasteiger partial charge in [-0.3, -0.25) is 4.79 Å². The first-order valence-electron chi connectivity index (χ1n) is 4.82. The molecule has 0 aliphatic carbocycles. The van der Waals surface area contributed by atoms with Gasteiger partial charge in [-0.1, -0.05) is 15.9 Å². The van der Waals surface area contributed by atoms with Gasteiger partial charge in [-0.25, -0.2) is 0 Å². The molecule has 0 saturated heterocycles. The third kappa shape index (κ3) is 4.20. The van der Waals surface area contributed by atoms with E-state index in [1.165, 1.54) is 12.1 Å². The number of carbonyl (C=O) groups is 1. The van der Waals surface area contributed by atoms with Gasteiger partial charge in [-0.15, -0.1) is 0 Å². The van der Waals surface area contributed by atoms with Crippen LogP contribution in [-0.2, 0) is 4.74 Å². The van der Waals surface area contributed by atoms with Crippen molar-refractivity contribution in [3.05, 3.63) is 23.8 Å². The van der Waals surface area contributed by atoms with Crippen LogP contribution in [0.3, 0.4) is 0 Å². The van der Waals surface area contributed by atoms with Crippen molar-refractivity contribution in [2.45, 2.75) is 0 Å². The highest BCUT2D eigenvalue weighted by molar-refractivity contribution is 9.09. The van der Waals surface area contributed by atoms with Crippen LogP contribution in [0.1, 0.15) is 10.4 Å². The Labute approximate surface area is 102 Å². The van der Waals surface area contributed by atoms with E-state index in [4.69, 9.17) is 9.47 Å². The smallest absolute Gasteiger partial charge is 0.153 e. The highest BCUT2D eigenvalue weighted by atomic mass is 79.9. The number of alkyl halides is 1. The number of hydrogen-bond donors (Lipinski definition) is 1. The molecule has 0 amide bonds. The van der Waals surface area contributed by atoms with Crippen molar-refractivity contribution >= 4 is 22.2 Å². The lowest BCUT2D eigenvalue weighted by Crippen LogP contribution is -2.07. The molecule has 0 aliphatic rings. The average Bonchev–Trinajstić information content (AvgIpc) is 2.29. The van der Waals surface area contributed by atoms with Crippen molar-refractivity contribution in [1.29, 1.82) is 0 Å². The van der Waals surface area contributed by atoms with E-state index in [1.807, 2.05) is 0 Å². The summed E-state index contributed by atoms with van der Waals surface area (Å²) in [4.78, 5) is 10.4. The van der Waals surface area contributed by atoms with Crippen LogP contribution in [0.2, 0.25) is 0 Å². The summed E-state index contributed by atoms with van der Waals surface area (Å²) < 4.78 is 10.5. The standard InChI is InChI=1S/C11H13BrO4/c12-3-4-15-5-6-16-10-2-1-9(8-13)11(14)7-10/h1-2,7-8,14H,3-6H2. The third-order valence-corrected chi connectivity index (χ3v) is 2.17. The minimum atomic E-state index is -0.0751. The molecule has 0 aliphatic heterocycles. The van der Waals surface area contributed by atoms with Gasteiger partial charge in [0, 0.05) is 11.4 Å². The predicted octanol–water partition coefficient (Wildman–Crippen LogP) is 2.00. The van der Waals surface area contributed by atoms with E-state index in [1.54, 1.807) is 6.07 Å². The number of rotatable bonds is 7. The highest BCUT2D eigenvalue weighted by Gasteiger charge is 2.01. The van der Waals surface area contributed by atoms with Crippen LogP contribution in [0.15, 0.2) is 18.2 Å². The van der Waals surface area contributed by atoms with Gasteiger partial charge in [-0.05, 0) is 12.1 Å². The molecule has 5 heteroatoms. The van der Waals surface area contributed by atoms with E-state index in [-0.39, 0.29) is 11.3 Å². The van der Waals surface area contributed by atoms with Crippen molar-refractivity contribution in [1.82, 2.24) is 0 Å². The molecule has 0 radical (unpaired) electrons. The van der Waals surface area contributed by atoms with Gasteiger partial charge >= 0.3 is 0 Å². The van der Waals surface area contributed by atoms with Crippen LogP contribution >= 0.6 is 15.9 Å². The van der Waals surface area contributed by atoms with Crippen LogP contribution in [-0.4, -0.2) is 36.5 Å². The molecule has 0 fully saturated rings. The first kappa shape index (κ1) is 13.0. The lowest BCUT2D eigenvalue weighted by Gasteiger charge is -2.07. The van der Waals surface area contributed by atoms with Crippen LogP contribution in [0.5, 0.6) is 11.5 Å². The molecule has 16 heavy (non-hydrogen) atoms. The molecule has 0 heterocycles. The maximum absolute atomic E-state index is 10.4. The summed E-state index contributed by atoms with van der Waals surface area (Å²) >= 11 is 3.24. The summed E-state index contributed by atoms with van der Waals surface area (Å²) in [5, 5.41) is 10.2. The molecule has 1 aromatic rings. The summed E-state index contributed by atoms with van der Waals surface area (Å²) in [6, 6.07) is 4.55. The maximum atomic E-state index is 10.4. The first-order valence-corrected chi connectivity index (χ1v) is 5.94. The molecular formula is C11H13BrO4. The van der Waals surface area contributed by atoms with Gasteiger partial charge in [0.25, 0.3) is 0 Å². The Balaban J connectivity index is 2.37. The molecule has 0 spiro atoms.